The summed E-state index contributed by atoms with van der Waals surface area (Å²) in [4.78, 5) is 7.56. The zero-order chi connectivity index (χ0) is 13.4. The normalized spacial score (nSPS) is 11.0. The summed E-state index contributed by atoms with van der Waals surface area (Å²) in [7, 11) is 0. The second-order valence-electron chi connectivity index (χ2n) is 4.24. The van der Waals surface area contributed by atoms with Crippen LogP contribution in [0.5, 0.6) is 11.5 Å². The maximum Gasteiger partial charge on any atom is 0.142 e. The molecule has 19 heavy (non-hydrogen) atoms. The molecule has 3 rings (SSSR count). The molecule has 0 aliphatic carbocycles. The van der Waals surface area contributed by atoms with E-state index >= 15 is 0 Å². The van der Waals surface area contributed by atoms with Gasteiger partial charge in [0.15, 0.2) is 0 Å². The minimum absolute atomic E-state index is 0.0204. The van der Waals surface area contributed by atoms with Gasteiger partial charge in [0.1, 0.15) is 17.3 Å². The van der Waals surface area contributed by atoms with Gasteiger partial charge in [0.05, 0.1) is 16.6 Å². The Bertz CT molecular complexity index is 719. The lowest BCUT2D eigenvalue weighted by Gasteiger charge is -2.07. The second kappa shape index (κ2) is 4.48. The molecule has 0 fully saturated rings. The monoisotopic (exact) mass is 274 g/mol. The van der Waals surface area contributed by atoms with Gasteiger partial charge in [-0.05, 0) is 23.8 Å². The maximum atomic E-state index is 10.0. The molecule has 0 amide bonds. The van der Waals surface area contributed by atoms with E-state index in [0.717, 1.165) is 11.0 Å². The number of fused-ring (bicyclic) bond motifs is 1. The van der Waals surface area contributed by atoms with Crippen molar-refractivity contribution in [1.82, 2.24) is 9.97 Å². The van der Waals surface area contributed by atoms with Gasteiger partial charge in [-0.1, -0.05) is 12.1 Å². The fourth-order valence-corrected chi connectivity index (χ4v) is 2.33. The van der Waals surface area contributed by atoms with E-state index < -0.39 is 0 Å². The summed E-state index contributed by atoms with van der Waals surface area (Å²) < 4.78 is 0. The molecule has 0 radical (unpaired) electrons. The highest BCUT2D eigenvalue weighted by atomic mass is 35.5. The van der Waals surface area contributed by atoms with Gasteiger partial charge < -0.3 is 15.2 Å². The molecule has 0 spiro atoms. The van der Waals surface area contributed by atoms with Crippen LogP contribution in [-0.4, -0.2) is 20.2 Å². The number of hydrogen-bond donors (Lipinski definition) is 3. The zero-order valence-electron chi connectivity index (χ0n) is 9.89. The number of halogens is 1. The number of rotatable bonds is 2. The molecule has 1 heterocycles. The first-order chi connectivity index (χ1) is 9.19. The Balaban J connectivity index is 2.26. The third-order valence-electron chi connectivity index (χ3n) is 2.95. The van der Waals surface area contributed by atoms with Gasteiger partial charge in [0, 0.05) is 11.9 Å². The molecule has 0 saturated carbocycles. The molecule has 96 valence electrons. The number of aromatic amines is 1. The summed E-state index contributed by atoms with van der Waals surface area (Å²) in [5.41, 5.74) is 2.83. The molecular formula is C14H11ClN2O2. The number of para-hydroxylation sites is 2. The number of phenolic OH excluding ortho intramolecular Hbond substituents is 2. The first kappa shape index (κ1) is 11.9. The number of alkyl halides is 1. The summed E-state index contributed by atoms with van der Waals surface area (Å²) in [6, 6.07) is 10.4. The van der Waals surface area contributed by atoms with E-state index in [1.165, 1.54) is 12.1 Å². The molecule has 0 aliphatic rings. The van der Waals surface area contributed by atoms with Gasteiger partial charge in [0.25, 0.3) is 0 Å². The van der Waals surface area contributed by atoms with Crippen LogP contribution < -0.4 is 0 Å². The molecule has 4 nitrogen and oxygen atoms in total. The number of benzene rings is 2. The van der Waals surface area contributed by atoms with E-state index in [1.54, 1.807) is 0 Å². The molecular weight excluding hydrogens is 264 g/mol. The van der Waals surface area contributed by atoms with E-state index in [4.69, 9.17) is 11.6 Å². The van der Waals surface area contributed by atoms with Crippen molar-refractivity contribution in [3.63, 3.8) is 0 Å². The van der Waals surface area contributed by atoms with Gasteiger partial charge in [-0.2, -0.15) is 0 Å². The Morgan fingerprint density at radius 2 is 1.95 bits per heavy atom. The summed E-state index contributed by atoms with van der Waals surface area (Å²) >= 11 is 5.86. The van der Waals surface area contributed by atoms with Gasteiger partial charge in [0.2, 0.25) is 0 Å². The van der Waals surface area contributed by atoms with E-state index in [0.29, 0.717) is 17.0 Å². The standard InChI is InChI=1S/C14H11ClN2O2/c15-7-8-5-9(18)6-12(19)13(8)14-16-10-3-1-2-4-11(10)17-14/h1-6,18-19H,7H2,(H,16,17). The highest BCUT2D eigenvalue weighted by Gasteiger charge is 2.15. The fraction of sp³-hybridized carbons (Fsp3) is 0.0714. The molecule has 0 aliphatic heterocycles. The summed E-state index contributed by atoms with van der Waals surface area (Å²) in [5.74, 6) is 0.644. The lowest BCUT2D eigenvalue weighted by molar-refractivity contribution is 0.451. The summed E-state index contributed by atoms with van der Waals surface area (Å²) in [6.45, 7) is 0. The smallest absolute Gasteiger partial charge is 0.142 e. The van der Waals surface area contributed by atoms with Crippen molar-refractivity contribution in [3.05, 3.63) is 42.0 Å². The highest BCUT2D eigenvalue weighted by molar-refractivity contribution is 6.17. The van der Waals surface area contributed by atoms with Gasteiger partial charge in [-0.3, -0.25) is 0 Å². The lowest BCUT2D eigenvalue weighted by atomic mass is 10.1. The minimum atomic E-state index is -0.0466. The Morgan fingerprint density at radius 1 is 1.16 bits per heavy atom. The van der Waals surface area contributed by atoms with Gasteiger partial charge in [-0.15, -0.1) is 11.6 Å². The zero-order valence-corrected chi connectivity index (χ0v) is 10.6. The Morgan fingerprint density at radius 3 is 2.68 bits per heavy atom. The van der Waals surface area contributed by atoms with Crippen LogP contribution >= 0.6 is 11.6 Å². The molecule has 3 N–H and O–H groups in total. The molecule has 2 aromatic carbocycles. The van der Waals surface area contributed by atoms with Crippen LogP contribution in [0.2, 0.25) is 0 Å². The first-order valence-corrected chi connectivity index (χ1v) is 6.28. The van der Waals surface area contributed by atoms with Crippen molar-refractivity contribution in [2.24, 2.45) is 0 Å². The van der Waals surface area contributed by atoms with Crippen molar-refractivity contribution in [1.29, 1.82) is 0 Å². The molecule has 0 atom stereocenters. The topological polar surface area (TPSA) is 69.1 Å². The molecule has 0 saturated heterocycles. The SMILES string of the molecule is Oc1cc(O)c(-c2nc3ccccc3[nH]2)c(CCl)c1. The molecule has 0 bridgehead atoms. The molecule has 0 unspecified atom stereocenters. The van der Waals surface area contributed by atoms with Gasteiger partial charge in [-0.25, -0.2) is 4.98 Å². The number of aromatic hydroxyl groups is 2. The summed E-state index contributed by atoms with van der Waals surface area (Å²) in [6.07, 6.45) is 0. The summed E-state index contributed by atoms with van der Waals surface area (Å²) in [5, 5.41) is 19.5. The van der Waals surface area contributed by atoms with Crippen LogP contribution in [0, 0.1) is 0 Å². The van der Waals surface area contributed by atoms with Crippen LogP contribution in [0.15, 0.2) is 36.4 Å². The van der Waals surface area contributed by atoms with Crippen molar-refractivity contribution in [2.75, 3.05) is 0 Å². The van der Waals surface area contributed by atoms with Crippen LogP contribution in [0.4, 0.5) is 0 Å². The Kier molecular flexibility index (Phi) is 2.80. The molecule has 5 heteroatoms. The first-order valence-electron chi connectivity index (χ1n) is 5.75. The third kappa shape index (κ3) is 2.00. The number of H-pyrrole nitrogens is 1. The minimum Gasteiger partial charge on any atom is -0.508 e. The van der Waals surface area contributed by atoms with Crippen molar-refractivity contribution in [3.8, 4) is 22.9 Å². The van der Waals surface area contributed by atoms with Crippen molar-refractivity contribution in [2.45, 2.75) is 5.88 Å². The van der Waals surface area contributed by atoms with E-state index in [1.807, 2.05) is 24.3 Å². The Labute approximate surface area is 114 Å². The van der Waals surface area contributed by atoms with Crippen molar-refractivity contribution >= 4 is 22.6 Å². The molecule has 1 aromatic heterocycles. The average molecular weight is 275 g/mol. The number of hydrogen-bond acceptors (Lipinski definition) is 3. The van der Waals surface area contributed by atoms with E-state index in [2.05, 4.69) is 9.97 Å². The quantitative estimate of drug-likeness (QED) is 0.628. The predicted molar refractivity (Wildman–Crippen MR) is 74.4 cm³/mol. The third-order valence-corrected chi connectivity index (χ3v) is 3.24. The van der Waals surface area contributed by atoms with Crippen LogP contribution in [0.3, 0.4) is 0 Å². The number of phenols is 2. The second-order valence-corrected chi connectivity index (χ2v) is 4.50. The fourth-order valence-electron chi connectivity index (χ4n) is 2.12. The van der Waals surface area contributed by atoms with Crippen molar-refractivity contribution < 1.29 is 10.2 Å². The highest BCUT2D eigenvalue weighted by Crippen LogP contribution is 2.36. The number of imidazole rings is 1. The van der Waals surface area contributed by atoms with Gasteiger partial charge >= 0.3 is 0 Å². The maximum absolute atomic E-state index is 10.0. The Hall–Kier alpha value is -2.20. The van der Waals surface area contributed by atoms with Crippen LogP contribution in [-0.2, 0) is 5.88 Å². The lowest BCUT2D eigenvalue weighted by Crippen LogP contribution is -1.89. The number of nitrogens with one attached hydrogen (secondary N) is 1. The number of nitrogens with zero attached hydrogens (tertiary/aromatic N) is 1. The average Bonchev–Trinajstić information content (AvgIpc) is 2.80. The predicted octanol–water partition coefficient (Wildman–Crippen LogP) is 3.38. The van der Waals surface area contributed by atoms with E-state index in [9.17, 15) is 10.2 Å². The van der Waals surface area contributed by atoms with E-state index in [-0.39, 0.29) is 17.4 Å². The molecule has 3 aromatic rings. The largest absolute Gasteiger partial charge is 0.508 e. The number of aromatic nitrogens is 2. The van der Waals surface area contributed by atoms with Crippen LogP contribution in [0.25, 0.3) is 22.4 Å². The van der Waals surface area contributed by atoms with Crippen LogP contribution in [0.1, 0.15) is 5.56 Å².